The van der Waals surface area contributed by atoms with Crippen molar-refractivity contribution >= 4 is 11.7 Å². The number of benzene rings is 2. The fourth-order valence-electron chi connectivity index (χ4n) is 3.36. The summed E-state index contributed by atoms with van der Waals surface area (Å²) in [5, 5.41) is 2.61. The Kier molecular flexibility index (Phi) is 5.06. The van der Waals surface area contributed by atoms with E-state index in [9.17, 15) is 18.0 Å². The molecule has 7 heteroatoms. The van der Waals surface area contributed by atoms with Crippen LogP contribution < -0.4 is 16.0 Å². The highest BCUT2D eigenvalue weighted by atomic mass is 19.4. The van der Waals surface area contributed by atoms with Gasteiger partial charge >= 0.3 is 12.2 Å². The van der Waals surface area contributed by atoms with E-state index in [0.29, 0.717) is 18.7 Å². The minimum Gasteiger partial charge on any atom is -0.362 e. The Morgan fingerprint density at radius 3 is 2.69 bits per heavy atom. The van der Waals surface area contributed by atoms with Gasteiger partial charge < -0.3 is 16.0 Å². The van der Waals surface area contributed by atoms with Crippen molar-refractivity contribution in [1.29, 1.82) is 0 Å². The number of aryl methyl sites for hydroxylation is 1. The first-order chi connectivity index (χ1) is 12.3. The number of nitrogens with two attached hydrogens (primary N) is 1. The maximum Gasteiger partial charge on any atom is 0.416 e. The summed E-state index contributed by atoms with van der Waals surface area (Å²) in [5.41, 5.74) is 7.21. The second-order valence-electron chi connectivity index (χ2n) is 6.39. The molecule has 1 heterocycles. The summed E-state index contributed by atoms with van der Waals surface area (Å²) in [6.45, 7) is 0.675. The van der Waals surface area contributed by atoms with Crippen LogP contribution in [-0.2, 0) is 19.1 Å². The first-order valence-electron chi connectivity index (χ1n) is 8.38. The number of rotatable bonds is 4. The maximum atomic E-state index is 13.0. The Balaban J connectivity index is 1.89. The highest BCUT2D eigenvalue weighted by molar-refractivity contribution is 5.71. The molecule has 2 aromatic carbocycles. The molecule has 0 aliphatic carbocycles. The van der Waals surface area contributed by atoms with E-state index in [0.717, 1.165) is 30.2 Å². The van der Waals surface area contributed by atoms with Crippen molar-refractivity contribution in [3.05, 3.63) is 65.2 Å². The number of carbonyl (C=O) groups is 1. The Morgan fingerprint density at radius 2 is 1.96 bits per heavy atom. The largest absolute Gasteiger partial charge is 0.416 e. The minimum absolute atomic E-state index is 0.0352. The summed E-state index contributed by atoms with van der Waals surface area (Å²) < 4.78 is 39.0. The van der Waals surface area contributed by atoms with Crippen molar-refractivity contribution in [3.63, 3.8) is 0 Å². The monoisotopic (exact) mass is 363 g/mol. The molecule has 0 saturated heterocycles. The molecular weight excluding hydrogens is 343 g/mol. The van der Waals surface area contributed by atoms with E-state index in [1.165, 1.54) is 12.1 Å². The first kappa shape index (κ1) is 18.1. The SMILES string of the molecule is NC(=O)NCC1CCc2ccccc2N1Cc1cccc(C(F)(F)F)c1. The molecule has 0 radical (unpaired) electrons. The molecule has 138 valence electrons. The van der Waals surface area contributed by atoms with Crippen LogP contribution in [0.15, 0.2) is 48.5 Å². The molecule has 2 amide bonds. The Hall–Kier alpha value is -2.70. The lowest BCUT2D eigenvalue weighted by molar-refractivity contribution is -0.137. The Labute approximate surface area is 149 Å². The molecule has 26 heavy (non-hydrogen) atoms. The van der Waals surface area contributed by atoms with Crippen LogP contribution in [0.25, 0.3) is 0 Å². The number of hydrogen-bond acceptors (Lipinski definition) is 2. The first-order valence-corrected chi connectivity index (χ1v) is 8.38. The van der Waals surface area contributed by atoms with E-state index in [-0.39, 0.29) is 6.04 Å². The average molecular weight is 363 g/mol. The third-order valence-electron chi connectivity index (χ3n) is 4.61. The molecule has 0 saturated carbocycles. The number of urea groups is 1. The van der Waals surface area contributed by atoms with Crippen molar-refractivity contribution in [3.8, 4) is 0 Å². The summed E-state index contributed by atoms with van der Waals surface area (Å²) in [5.74, 6) is 0. The predicted molar refractivity (Wildman–Crippen MR) is 93.8 cm³/mol. The van der Waals surface area contributed by atoms with E-state index in [1.807, 2.05) is 29.2 Å². The van der Waals surface area contributed by atoms with E-state index in [1.54, 1.807) is 6.07 Å². The van der Waals surface area contributed by atoms with Gasteiger partial charge in [0.15, 0.2) is 0 Å². The zero-order valence-corrected chi connectivity index (χ0v) is 14.1. The van der Waals surface area contributed by atoms with E-state index in [2.05, 4.69) is 5.32 Å². The third kappa shape index (κ3) is 4.09. The van der Waals surface area contributed by atoms with Gasteiger partial charge in [0.2, 0.25) is 0 Å². The zero-order valence-electron chi connectivity index (χ0n) is 14.1. The second kappa shape index (κ2) is 7.27. The van der Waals surface area contributed by atoms with Gasteiger partial charge in [0.05, 0.1) is 5.56 Å². The van der Waals surface area contributed by atoms with Gasteiger partial charge in [-0.25, -0.2) is 4.79 Å². The molecule has 0 fully saturated rings. The summed E-state index contributed by atoms with van der Waals surface area (Å²) in [4.78, 5) is 13.1. The van der Waals surface area contributed by atoms with Crippen LogP contribution in [0.1, 0.15) is 23.1 Å². The molecule has 1 unspecified atom stereocenters. The van der Waals surface area contributed by atoms with Crippen molar-refractivity contribution in [2.24, 2.45) is 5.73 Å². The van der Waals surface area contributed by atoms with Crippen molar-refractivity contribution in [2.75, 3.05) is 11.4 Å². The topological polar surface area (TPSA) is 58.4 Å². The predicted octanol–water partition coefficient (Wildman–Crippen LogP) is 3.70. The Bertz CT molecular complexity index is 792. The van der Waals surface area contributed by atoms with E-state index >= 15 is 0 Å². The van der Waals surface area contributed by atoms with Gasteiger partial charge in [0.25, 0.3) is 0 Å². The molecule has 3 N–H and O–H groups in total. The molecule has 0 bridgehead atoms. The number of halogens is 3. The van der Waals surface area contributed by atoms with Crippen LogP contribution in [0.2, 0.25) is 0 Å². The number of amides is 2. The molecule has 1 atom stereocenters. The van der Waals surface area contributed by atoms with Gasteiger partial charge in [-0.15, -0.1) is 0 Å². The quantitative estimate of drug-likeness (QED) is 0.870. The number of hydrogen-bond donors (Lipinski definition) is 2. The molecule has 1 aliphatic rings. The van der Waals surface area contributed by atoms with Gasteiger partial charge in [0.1, 0.15) is 0 Å². The number of fused-ring (bicyclic) bond motifs is 1. The number of nitrogens with one attached hydrogen (secondary N) is 1. The highest BCUT2D eigenvalue weighted by Gasteiger charge is 2.31. The number of para-hydroxylation sites is 1. The zero-order chi connectivity index (χ0) is 18.7. The maximum absolute atomic E-state index is 13.0. The third-order valence-corrected chi connectivity index (χ3v) is 4.61. The van der Waals surface area contributed by atoms with Crippen LogP contribution >= 0.6 is 0 Å². The smallest absolute Gasteiger partial charge is 0.362 e. The van der Waals surface area contributed by atoms with Crippen LogP contribution in [0.4, 0.5) is 23.7 Å². The molecule has 3 rings (SSSR count). The molecule has 2 aromatic rings. The molecule has 4 nitrogen and oxygen atoms in total. The molecule has 0 aromatic heterocycles. The lowest BCUT2D eigenvalue weighted by atomic mass is 9.94. The highest BCUT2D eigenvalue weighted by Crippen LogP contribution is 2.33. The van der Waals surface area contributed by atoms with Crippen molar-refractivity contribution in [2.45, 2.75) is 31.6 Å². The molecule has 0 spiro atoms. The second-order valence-corrected chi connectivity index (χ2v) is 6.39. The summed E-state index contributed by atoms with van der Waals surface area (Å²) in [6, 6.07) is 12.5. The average Bonchev–Trinajstić information content (AvgIpc) is 2.60. The fourth-order valence-corrected chi connectivity index (χ4v) is 3.36. The summed E-state index contributed by atoms with van der Waals surface area (Å²) >= 11 is 0. The standard InChI is InChI=1S/C19H20F3N3O/c20-19(21,22)15-6-3-4-13(10-15)12-25-16(11-24-18(23)26)9-8-14-5-1-2-7-17(14)25/h1-7,10,16H,8-9,11-12H2,(H3,23,24,26). The van der Waals surface area contributed by atoms with E-state index in [4.69, 9.17) is 5.73 Å². The Morgan fingerprint density at radius 1 is 1.19 bits per heavy atom. The van der Waals surface area contributed by atoms with Gasteiger partial charge in [-0.2, -0.15) is 13.2 Å². The van der Waals surface area contributed by atoms with Gasteiger partial charge in [-0.05, 0) is 42.2 Å². The number of alkyl halides is 3. The summed E-state index contributed by atoms with van der Waals surface area (Å²) in [6.07, 6.45) is -2.74. The van der Waals surface area contributed by atoms with E-state index < -0.39 is 17.8 Å². The van der Waals surface area contributed by atoms with Gasteiger partial charge in [-0.3, -0.25) is 0 Å². The minimum atomic E-state index is -4.37. The number of nitrogens with zero attached hydrogens (tertiary/aromatic N) is 1. The van der Waals surface area contributed by atoms with Crippen molar-refractivity contribution in [1.82, 2.24) is 5.32 Å². The van der Waals surface area contributed by atoms with Crippen LogP contribution in [0, 0.1) is 0 Å². The number of primary amides is 1. The molecule has 1 aliphatic heterocycles. The van der Waals surface area contributed by atoms with Crippen LogP contribution in [-0.4, -0.2) is 18.6 Å². The molecular formula is C19H20F3N3O. The lowest BCUT2D eigenvalue weighted by Crippen LogP contribution is -2.47. The van der Waals surface area contributed by atoms with Gasteiger partial charge in [0, 0.05) is 24.8 Å². The summed E-state index contributed by atoms with van der Waals surface area (Å²) in [7, 11) is 0. The normalized spacial score (nSPS) is 16.9. The van der Waals surface area contributed by atoms with Crippen molar-refractivity contribution < 1.29 is 18.0 Å². The lowest BCUT2D eigenvalue weighted by Gasteiger charge is -2.39. The van der Waals surface area contributed by atoms with Crippen LogP contribution in [0.3, 0.4) is 0 Å². The fraction of sp³-hybridized carbons (Fsp3) is 0.316. The number of carbonyl (C=O) groups excluding carboxylic acids is 1. The van der Waals surface area contributed by atoms with Gasteiger partial charge in [-0.1, -0.05) is 30.3 Å². The van der Waals surface area contributed by atoms with Crippen LogP contribution in [0.5, 0.6) is 0 Å². The number of anilines is 1.